The number of ether oxygens (including phenoxy) is 1. The first-order valence-corrected chi connectivity index (χ1v) is 6.79. The molecule has 0 aromatic heterocycles. The quantitative estimate of drug-likeness (QED) is 0.351. The standard InChI is InChI=1S/C13H16BrNO3/c1-3-18-13(16)12(15-17-2)11-7-5-4-6-10(11)8-9-14/h4-7H,3,8-9H2,1-2H3/b15-12+. The number of rotatable bonds is 6. The zero-order valence-corrected chi connectivity index (χ0v) is 12.1. The lowest BCUT2D eigenvalue weighted by atomic mass is 10.0. The Bertz CT molecular complexity index is 432. The minimum Gasteiger partial charge on any atom is -0.461 e. The van der Waals surface area contributed by atoms with Crippen molar-refractivity contribution in [2.45, 2.75) is 13.3 Å². The summed E-state index contributed by atoms with van der Waals surface area (Å²) in [5.41, 5.74) is 1.98. The van der Waals surface area contributed by atoms with Gasteiger partial charge >= 0.3 is 5.97 Å². The van der Waals surface area contributed by atoms with Crippen LogP contribution < -0.4 is 0 Å². The van der Waals surface area contributed by atoms with Crippen LogP contribution in [0.2, 0.25) is 0 Å². The van der Waals surface area contributed by atoms with Gasteiger partial charge in [0.15, 0.2) is 5.71 Å². The van der Waals surface area contributed by atoms with Crippen LogP contribution >= 0.6 is 15.9 Å². The van der Waals surface area contributed by atoms with Crippen molar-refractivity contribution in [2.75, 3.05) is 19.0 Å². The lowest BCUT2D eigenvalue weighted by Crippen LogP contribution is -2.20. The summed E-state index contributed by atoms with van der Waals surface area (Å²) in [6, 6.07) is 7.59. The first-order valence-electron chi connectivity index (χ1n) is 5.67. The average Bonchev–Trinajstić information content (AvgIpc) is 2.37. The summed E-state index contributed by atoms with van der Waals surface area (Å²) in [5, 5.41) is 4.60. The van der Waals surface area contributed by atoms with Gasteiger partial charge < -0.3 is 9.57 Å². The molecule has 0 aliphatic carbocycles. The normalized spacial score (nSPS) is 11.2. The van der Waals surface area contributed by atoms with Crippen molar-refractivity contribution in [1.82, 2.24) is 0 Å². The van der Waals surface area contributed by atoms with Gasteiger partial charge in [0.25, 0.3) is 0 Å². The number of benzene rings is 1. The highest BCUT2D eigenvalue weighted by molar-refractivity contribution is 9.09. The van der Waals surface area contributed by atoms with Crippen LogP contribution in [0.5, 0.6) is 0 Å². The van der Waals surface area contributed by atoms with Crippen LogP contribution in [-0.4, -0.2) is 30.7 Å². The second kappa shape index (κ2) is 7.87. The largest absolute Gasteiger partial charge is 0.461 e. The van der Waals surface area contributed by atoms with Gasteiger partial charge in [-0.2, -0.15) is 0 Å². The molecule has 4 nitrogen and oxygen atoms in total. The Morgan fingerprint density at radius 2 is 2.11 bits per heavy atom. The molecule has 0 bridgehead atoms. The minimum atomic E-state index is -0.471. The number of carbonyl (C=O) groups excluding carboxylic acids is 1. The number of aryl methyl sites for hydroxylation is 1. The first-order chi connectivity index (χ1) is 8.74. The van der Waals surface area contributed by atoms with Crippen LogP contribution in [0.25, 0.3) is 0 Å². The smallest absolute Gasteiger partial charge is 0.361 e. The Kier molecular flexibility index (Phi) is 6.43. The minimum absolute atomic E-state index is 0.205. The maximum atomic E-state index is 11.8. The summed E-state index contributed by atoms with van der Waals surface area (Å²) in [7, 11) is 1.41. The Labute approximate surface area is 115 Å². The number of carbonyl (C=O) groups is 1. The van der Waals surface area contributed by atoms with E-state index in [2.05, 4.69) is 21.1 Å². The fraction of sp³-hybridized carbons (Fsp3) is 0.385. The number of alkyl halides is 1. The zero-order valence-electron chi connectivity index (χ0n) is 10.5. The van der Waals surface area contributed by atoms with Crippen molar-refractivity contribution in [1.29, 1.82) is 0 Å². The van der Waals surface area contributed by atoms with Gasteiger partial charge in [-0.05, 0) is 18.9 Å². The molecule has 0 fully saturated rings. The number of halogens is 1. The molecule has 1 rings (SSSR count). The van der Waals surface area contributed by atoms with Crippen LogP contribution in [0, 0.1) is 0 Å². The van der Waals surface area contributed by atoms with E-state index in [0.29, 0.717) is 6.61 Å². The maximum Gasteiger partial charge on any atom is 0.361 e. The number of hydrogen-bond donors (Lipinski definition) is 0. The van der Waals surface area contributed by atoms with Gasteiger partial charge in [0.05, 0.1) is 6.61 Å². The molecule has 0 unspecified atom stereocenters. The van der Waals surface area contributed by atoms with Crippen molar-refractivity contribution in [3.05, 3.63) is 35.4 Å². The Hall–Kier alpha value is -1.36. The van der Waals surface area contributed by atoms with Crippen molar-refractivity contribution in [3.8, 4) is 0 Å². The van der Waals surface area contributed by atoms with Gasteiger partial charge in [-0.1, -0.05) is 45.4 Å². The van der Waals surface area contributed by atoms with E-state index >= 15 is 0 Å². The van der Waals surface area contributed by atoms with Gasteiger partial charge in [0.1, 0.15) is 7.11 Å². The summed E-state index contributed by atoms with van der Waals surface area (Å²) >= 11 is 3.39. The highest BCUT2D eigenvalue weighted by Crippen LogP contribution is 2.13. The summed E-state index contributed by atoms with van der Waals surface area (Å²) < 4.78 is 4.98. The molecule has 0 spiro atoms. The van der Waals surface area contributed by atoms with Crippen molar-refractivity contribution < 1.29 is 14.4 Å². The highest BCUT2D eigenvalue weighted by atomic mass is 79.9. The predicted molar refractivity (Wildman–Crippen MR) is 74.1 cm³/mol. The van der Waals surface area contributed by atoms with Crippen LogP contribution in [0.3, 0.4) is 0 Å². The third kappa shape index (κ3) is 3.84. The monoisotopic (exact) mass is 313 g/mol. The Morgan fingerprint density at radius 3 is 2.72 bits per heavy atom. The van der Waals surface area contributed by atoms with Gasteiger partial charge in [-0.25, -0.2) is 4.79 Å². The molecule has 0 atom stereocenters. The van der Waals surface area contributed by atoms with E-state index in [4.69, 9.17) is 9.57 Å². The molecule has 5 heteroatoms. The lowest BCUT2D eigenvalue weighted by molar-refractivity contribution is -0.135. The van der Waals surface area contributed by atoms with E-state index in [1.165, 1.54) is 7.11 Å². The summed E-state index contributed by atoms with van der Waals surface area (Å²) in [4.78, 5) is 16.6. The summed E-state index contributed by atoms with van der Waals surface area (Å²) in [6.07, 6.45) is 0.804. The molecule has 18 heavy (non-hydrogen) atoms. The number of oxime groups is 1. The third-order valence-electron chi connectivity index (χ3n) is 2.29. The van der Waals surface area contributed by atoms with E-state index < -0.39 is 5.97 Å². The fourth-order valence-electron chi connectivity index (χ4n) is 1.56. The van der Waals surface area contributed by atoms with Gasteiger partial charge in [0.2, 0.25) is 0 Å². The van der Waals surface area contributed by atoms with E-state index in [9.17, 15) is 4.79 Å². The van der Waals surface area contributed by atoms with Crippen molar-refractivity contribution in [2.24, 2.45) is 5.16 Å². The van der Waals surface area contributed by atoms with Crippen LogP contribution in [-0.2, 0) is 20.8 Å². The molecule has 0 saturated heterocycles. The molecule has 0 aliphatic heterocycles. The Morgan fingerprint density at radius 1 is 1.39 bits per heavy atom. The SMILES string of the molecule is CCOC(=O)/C(=N/OC)c1ccccc1CCBr. The van der Waals surface area contributed by atoms with Crippen LogP contribution in [0.15, 0.2) is 29.4 Å². The van der Waals surface area contributed by atoms with E-state index in [0.717, 1.165) is 22.9 Å². The summed E-state index contributed by atoms with van der Waals surface area (Å²) in [6.45, 7) is 2.06. The molecule has 0 N–H and O–H groups in total. The van der Waals surface area contributed by atoms with Crippen LogP contribution in [0.4, 0.5) is 0 Å². The lowest BCUT2D eigenvalue weighted by Gasteiger charge is -2.09. The topological polar surface area (TPSA) is 47.9 Å². The molecule has 1 aromatic rings. The molecule has 0 radical (unpaired) electrons. The number of hydrogen-bond acceptors (Lipinski definition) is 4. The molecule has 98 valence electrons. The Balaban J connectivity index is 3.13. The van der Waals surface area contributed by atoms with E-state index in [1.54, 1.807) is 6.92 Å². The molecule has 0 amide bonds. The molecule has 0 saturated carbocycles. The van der Waals surface area contributed by atoms with Gasteiger partial charge in [-0.3, -0.25) is 0 Å². The van der Waals surface area contributed by atoms with Crippen molar-refractivity contribution in [3.63, 3.8) is 0 Å². The molecular weight excluding hydrogens is 298 g/mol. The second-order valence-electron chi connectivity index (χ2n) is 3.44. The zero-order chi connectivity index (χ0) is 13.4. The maximum absolute atomic E-state index is 11.8. The fourth-order valence-corrected chi connectivity index (χ4v) is 1.99. The second-order valence-corrected chi connectivity index (χ2v) is 4.23. The van der Waals surface area contributed by atoms with E-state index in [-0.39, 0.29) is 5.71 Å². The molecular formula is C13H16BrNO3. The highest BCUT2D eigenvalue weighted by Gasteiger charge is 2.19. The number of nitrogens with zero attached hydrogens (tertiary/aromatic N) is 1. The first kappa shape index (κ1) is 14.7. The molecule has 0 heterocycles. The van der Waals surface area contributed by atoms with Gasteiger partial charge in [0, 0.05) is 10.9 Å². The third-order valence-corrected chi connectivity index (χ3v) is 2.68. The number of esters is 1. The molecule has 0 aliphatic rings. The summed E-state index contributed by atoms with van der Waals surface area (Å²) in [5.74, 6) is -0.471. The molecule has 1 aromatic carbocycles. The van der Waals surface area contributed by atoms with Gasteiger partial charge in [-0.15, -0.1) is 0 Å². The predicted octanol–water partition coefficient (Wildman–Crippen LogP) is 2.54. The van der Waals surface area contributed by atoms with E-state index in [1.807, 2.05) is 24.3 Å². The average molecular weight is 314 g/mol. The van der Waals surface area contributed by atoms with Crippen LogP contribution in [0.1, 0.15) is 18.1 Å². The van der Waals surface area contributed by atoms with Crippen molar-refractivity contribution >= 4 is 27.6 Å².